The van der Waals surface area contributed by atoms with Crippen LogP contribution >= 0.6 is 0 Å². The Morgan fingerprint density at radius 3 is 2.54 bits per heavy atom. The number of aromatic nitrogens is 1. The van der Waals surface area contributed by atoms with Crippen molar-refractivity contribution < 1.29 is 38.6 Å². The van der Waals surface area contributed by atoms with Crippen LogP contribution in [0.5, 0.6) is 5.75 Å². The highest BCUT2D eigenvalue weighted by atomic mass is 16.5. The summed E-state index contributed by atoms with van der Waals surface area (Å²) >= 11 is 0. The second-order valence-electron chi connectivity index (χ2n) is 20.3. The number of aryl methyl sites for hydroxylation is 1. The van der Waals surface area contributed by atoms with Crippen molar-refractivity contribution in [3.05, 3.63) is 90.0 Å². The number of likely N-dealkylation sites (tertiary alicyclic amines) is 1. The fourth-order valence-corrected chi connectivity index (χ4v) is 11.3. The molecule has 1 aliphatic carbocycles. The molecule has 4 amide bonds. The number of carbonyl (C=O) groups is 5. The molecule has 4 heterocycles. The number of hydrogen-bond donors (Lipinski definition) is 3. The second-order valence-corrected chi connectivity index (χ2v) is 20.3. The van der Waals surface area contributed by atoms with Crippen LogP contribution in [0.4, 0.5) is 0 Å². The van der Waals surface area contributed by atoms with Crippen LogP contribution in [0.25, 0.3) is 33.3 Å². The molecular formula is C54H68N6O8. The zero-order valence-corrected chi connectivity index (χ0v) is 40.4. The number of phenols is 1. The molecule has 14 nitrogen and oxygen atoms in total. The molecule has 1 unspecified atom stereocenters. The third-order valence-corrected chi connectivity index (χ3v) is 14.7. The molecule has 14 heteroatoms. The Hall–Kier alpha value is -5.83. The number of aromatic hydroxyl groups is 1. The first-order valence-electron chi connectivity index (χ1n) is 24.4. The first-order chi connectivity index (χ1) is 32.7. The van der Waals surface area contributed by atoms with Crippen LogP contribution in [0.2, 0.25) is 0 Å². The largest absolute Gasteiger partial charge is 0.508 e. The van der Waals surface area contributed by atoms with Crippen LogP contribution in [-0.2, 0) is 59.4 Å². The molecular weight excluding hydrogens is 861 g/mol. The number of methoxy groups -OCH3 is 1. The molecule has 1 saturated carbocycles. The number of ether oxygens (including phenoxy) is 2. The van der Waals surface area contributed by atoms with E-state index in [4.69, 9.17) is 9.47 Å². The standard InChI is InChI=1S/C54H68N6O8/c1-7-47(63)58-23-20-38(30-58)51(65)57(5)48(36-14-9-10-15-36)50(64)55-45-26-35-24-40(27-41(62)25-35)37-18-19-46-43(28-37)44(49(59(46)8-2)42-17-12-11-16-39(42)31-67-6)29-53(3,4)33-68-34-54(32-61)21-13-22-60(56-54)52(45)66/h7,11-12,16-19,24-25,27-28,32,36,38,45,48,56,62H,1,8-10,13-15,20-23,26,29-31,33-34H2,2-6H3,(H,55,64)/t38-,45-,48-,54?/m0/s1. The Bertz CT molecular complexity index is 2560. The molecule has 2 saturated heterocycles. The van der Waals surface area contributed by atoms with Crippen molar-refractivity contribution in [2.24, 2.45) is 17.3 Å². The zero-order valence-electron chi connectivity index (χ0n) is 40.4. The van der Waals surface area contributed by atoms with Gasteiger partial charge in [-0.1, -0.05) is 69.7 Å². The van der Waals surface area contributed by atoms with Crippen LogP contribution in [0.15, 0.2) is 73.3 Å². The van der Waals surface area contributed by atoms with Crippen molar-refractivity contribution in [2.75, 3.05) is 47.0 Å². The Morgan fingerprint density at radius 1 is 1.03 bits per heavy atom. The van der Waals surface area contributed by atoms with E-state index in [9.17, 15) is 29.1 Å². The Balaban J connectivity index is 1.21. The average molecular weight is 929 g/mol. The van der Waals surface area contributed by atoms with Gasteiger partial charge < -0.3 is 39.1 Å². The van der Waals surface area contributed by atoms with Gasteiger partial charge in [-0.25, -0.2) is 5.43 Å². The summed E-state index contributed by atoms with van der Waals surface area (Å²) < 4.78 is 14.6. The van der Waals surface area contributed by atoms with Crippen LogP contribution in [0.1, 0.15) is 82.4 Å². The number of rotatable bonds is 11. The van der Waals surface area contributed by atoms with Crippen molar-refractivity contribution in [1.82, 2.24) is 30.1 Å². The molecule has 8 rings (SSSR count). The summed E-state index contributed by atoms with van der Waals surface area (Å²) in [4.78, 5) is 72.8. The van der Waals surface area contributed by atoms with E-state index in [1.165, 1.54) is 16.0 Å². The van der Waals surface area contributed by atoms with E-state index in [-0.39, 0.29) is 49.6 Å². The third kappa shape index (κ3) is 10.00. The van der Waals surface area contributed by atoms with Crippen molar-refractivity contribution in [2.45, 2.75) is 109 Å². The van der Waals surface area contributed by atoms with Gasteiger partial charge in [-0.05, 0) is 115 Å². The number of aldehydes is 1. The molecule has 3 aliphatic heterocycles. The Labute approximate surface area is 400 Å². The van der Waals surface area contributed by atoms with Gasteiger partial charge in [-0.15, -0.1) is 0 Å². The monoisotopic (exact) mass is 929 g/mol. The number of amides is 4. The van der Waals surface area contributed by atoms with Gasteiger partial charge in [0.2, 0.25) is 17.7 Å². The Morgan fingerprint density at radius 2 is 1.81 bits per heavy atom. The minimum atomic E-state index is -1.21. The molecule has 362 valence electrons. The van der Waals surface area contributed by atoms with E-state index >= 15 is 0 Å². The van der Waals surface area contributed by atoms with Crippen LogP contribution in [-0.4, -0.2) is 119 Å². The number of benzene rings is 3. The van der Waals surface area contributed by atoms with Crippen LogP contribution in [0.3, 0.4) is 0 Å². The maximum Gasteiger partial charge on any atom is 0.259 e. The topological polar surface area (TPSA) is 163 Å². The fourth-order valence-electron chi connectivity index (χ4n) is 11.3. The van der Waals surface area contributed by atoms with Gasteiger partial charge in [0.15, 0.2) is 0 Å². The predicted molar refractivity (Wildman–Crippen MR) is 261 cm³/mol. The first kappa shape index (κ1) is 48.6. The normalized spacial score (nSPS) is 22.7. The Kier molecular flexibility index (Phi) is 14.6. The van der Waals surface area contributed by atoms with Gasteiger partial charge in [-0.3, -0.25) is 24.2 Å². The van der Waals surface area contributed by atoms with E-state index in [0.29, 0.717) is 57.6 Å². The van der Waals surface area contributed by atoms with Gasteiger partial charge in [-0.2, -0.15) is 0 Å². The van der Waals surface area contributed by atoms with E-state index in [1.807, 2.05) is 12.1 Å². The van der Waals surface area contributed by atoms with Crippen molar-refractivity contribution >= 4 is 40.8 Å². The molecule has 3 aromatic carbocycles. The SMILES string of the molecule is C=CC(=O)N1CC[C@H](C(=O)N(C)[C@H](C(=O)N[C@H]2Cc3cc(O)cc(c3)-c3ccc4c(c3)c(c(-c3ccccc3COC)n4CC)CC(C)(C)COCC3(C=O)CCCN(N3)C2=O)C2CCCC2)C1. The third-order valence-electron chi connectivity index (χ3n) is 14.7. The molecule has 4 atom stereocenters. The lowest BCUT2D eigenvalue weighted by atomic mass is 9.83. The van der Waals surface area contributed by atoms with Gasteiger partial charge in [0.1, 0.15) is 29.7 Å². The summed E-state index contributed by atoms with van der Waals surface area (Å²) in [5.41, 5.74) is 9.34. The van der Waals surface area contributed by atoms with Gasteiger partial charge in [0, 0.05) is 63.2 Å². The summed E-state index contributed by atoms with van der Waals surface area (Å²) in [7, 11) is 3.36. The van der Waals surface area contributed by atoms with Crippen LogP contribution < -0.4 is 10.7 Å². The highest BCUT2D eigenvalue weighted by molar-refractivity contribution is 5.96. The number of carbonyl (C=O) groups excluding carboxylic acids is 5. The average Bonchev–Trinajstić information content (AvgIpc) is 4.11. The molecule has 4 aliphatic rings. The lowest BCUT2D eigenvalue weighted by molar-refractivity contribution is -0.149. The fraction of sp³-hybridized carbons (Fsp3) is 0.500. The molecule has 1 aromatic heterocycles. The van der Waals surface area contributed by atoms with Crippen molar-refractivity contribution in [3.8, 4) is 28.1 Å². The van der Waals surface area contributed by atoms with Crippen molar-refractivity contribution in [1.29, 1.82) is 0 Å². The summed E-state index contributed by atoms with van der Waals surface area (Å²) in [6.45, 7) is 12.5. The lowest BCUT2D eigenvalue weighted by Gasteiger charge is -2.42. The van der Waals surface area contributed by atoms with E-state index in [0.717, 1.165) is 76.4 Å². The maximum atomic E-state index is 15.0. The maximum absolute atomic E-state index is 15.0. The zero-order chi connectivity index (χ0) is 48.3. The first-order valence-corrected chi connectivity index (χ1v) is 24.4. The molecule has 0 spiro atoms. The smallest absolute Gasteiger partial charge is 0.259 e. The van der Waals surface area contributed by atoms with E-state index < -0.39 is 40.8 Å². The molecule has 3 N–H and O–H groups in total. The predicted octanol–water partition coefficient (Wildman–Crippen LogP) is 6.59. The van der Waals surface area contributed by atoms with Gasteiger partial charge in [0.05, 0.1) is 31.4 Å². The molecule has 0 radical (unpaired) electrons. The van der Waals surface area contributed by atoms with Crippen LogP contribution in [0, 0.1) is 17.3 Å². The molecule has 68 heavy (non-hydrogen) atoms. The number of nitrogens with one attached hydrogen (secondary N) is 2. The quantitative estimate of drug-likeness (QED) is 0.111. The summed E-state index contributed by atoms with van der Waals surface area (Å²) in [5.74, 6) is -1.95. The number of hydrazine groups is 1. The summed E-state index contributed by atoms with van der Waals surface area (Å²) in [5, 5.41) is 17.0. The highest BCUT2D eigenvalue weighted by Gasteiger charge is 2.44. The van der Waals surface area contributed by atoms with E-state index in [2.05, 4.69) is 79.1 Å². The number of fused-ring (bicyclic) bond motifs is 6. The highest BCUT2D eigenvalue weighted by Crippen LogP contribution is 2.42. The van der Waals surface area contributed by atoms with Gasteiger partial charge >= 0.3 is 0 Å². The van der Waals surface area contributed by atoms with Gasteiger partial charge in [0.25, 0.3) is 5.91 Å². The minimum absolute atomic E-state index is 0.00844. The summed E-state index contributed by atoms with van der Waals surface area (Å²) in [6.07, 6.45) is 7.49. The van der Waals surface area contributed by atoms with Crippen molar-refractivity contribution in [3.63, 3.8) is 0 Å². The number of phenolic OH excluding ortho intramolecular Hbond substituents is 1. The van der Waals surface area contributed by atoms with E-state index in [1.54, 1.807) is 31.2 Å². The minimum Gasteiger partial charge on any atom is -0.508 e. The number of likely N-dealkylation sites (N-methyl/N-ethyl adjacent to an activating group) is 1. The number of hydrogen-bond acceptors (Lipinski definition) is 9. The molecule has 3 fully saturated rings. The lowest BCUT2D eigenvalue weighted by Crippen LogP contribution is -2.66. The number of nitrogens with zero attached hydrogens (tertiary/aromatic N) is 4. The summed E-state index contributed by atoms with van der Waals surface area (Å²) in [6, 6.07) is 18.0. The molecule has 4 aromatic rings. The second kappa shape index (κ2) is 20.4. The molecule has 6 bridgehead atoms.